The molecule has 0 saturated carbocycles. The van der Waals surface area contributed by atoms with Crippen molar-refractivity contribution in [2.75, 3.05) is 43.2 Å². The van der Waals surface area contributed by atoms with E-state index < -0.39 is 27.3 Å². The molecule has 0 aliphatic rings. The Balaban J connectivity index is 0.000000383. The number of thiazole rings is 2. The van der Waals surface area contributed by atoms with Crippen LogP contribution >= 0.6 is 50.4 Å². The Morgan fingerprint density at radius 3 is 2.04 bits per heavy atom. The first kappa shape index (κ1) is 45.9. The van der Waals surface area contributed by atoms with Crippen LogP contribution in [-0.2, 0) is 9.47 Å². The van der Waals surface area contributed by atoms with Crippen molar-refractivity contribution in [1.82, 2.24) is 20.1 Å². The van der Waals surface area contributed by atoms with Gasteiger partial charge in [-0.25, -0.2) is 24.4 Å². The number of carbonyl (C=O) groups excluding carboxylic acids is 3. The minimum absolute atomic E-state index is 0.0208. The van der Waals surface area contributed by atoms with Gasteiger partial charge in [0.1, 0.15) is 41.7 Å². The average molecular weight is 864 g/mol. The zero-order valence-corrected chi connectivity index (χ0v) is 32.5. The van der Waals surface area contributed by atoms with E-state index in [1.54, 1.807) is 36.4 Å². The van der Waals surface area contributed by atoms with Gasteiger partial charge in [0.05, 0.1) is 22.5 Å². The Kier molecular flexibility index (Phi) is 20.9. The fraction of sp³-hybridized carbons (Fsp3) is 0.300. The van der Waals surface area contributed by atoms with Crippen LogP contribution in [0.25, 0.3) is 0 Å². The highest BCUT2D eigenvalue weighted by Crippen LogP contribution is 2.27. The Morgan fingerprint density at radius 2 is 1.55 bits per heavy atom. The number of benzene rings is 2. The lowest BCUT2D eigenvalue weighted by atomic mass is 10.2. The molecule has 0 aliphatic heterocycles. The number of phenols is 1. The number of hydrogen-bond donors (Lipinski definition) is 5. The van der Waals surface area contributed by atoms with Crippen LogP contribution in [0.4, 0.5) is 25.1 Å². The highest BCUT2D eigenvalue weighted by atomic mass is 79.9. The molecule has 0 atom stereocenters. The number of nitrogen functional groups attached to an aromatic ring is 1. The van der Waals surface area contributed by atoms with Crippen molar-refractivity contribution in [2.45, 2.75) is 26.4 Å². The first-order valence-electron chi connectivity index (χ1n) is 14.7. The fourth-order valence-electron chi connectivity index (χ4n) is 3.13. The molecule has 2 heterocycles. The maximum Gasteiger partial charge on any atom is 0.407 e. The summed E-state index contributed by atoms with van der Waals surface area (Å²) in [5.41, 5.74) is 5.20. The molecule has 0 unspecified atom stereocenters. The summed E-state index contributed by atoms with van der Waals surface area (Å²) in [5.74, 6) is -0.654. The number of esters is 1. The molecule has 19 nitrogen and oxygen atoms in total. The minimum atomic E-state index is -0.566. The van der Waals surface area contributed by atoms with Gasteiger partial charge in [0, 0.05) is 18.4 Å². The van der Waals surface area contributed by atoms with Crippen molar-refractivity contribution in [3.63, 3.8) is 0 Å². The highest BCUT2D eigenvalue weighted by Gasteiger charge is 2.17. The summed E-state index contributed by atoms with van der Waals surface area (Å²) in [7, 11) is 1.27. The number of aromatic hydroxyl groups is 1. The monoisotopic (exact) mass is 862 g/mol. The number of anilines is 2. The summed E-state index contributed by atoms with van der Waals surface area (Å²) < 4.78 is 14.8. The largest absolute Gasteiger partial charge is 0.507 e. The summed E-state index contributed by atoms with van der Waals surface area (Å²) >= 11 is 10.2. The van der Waals surface area contributed by atoms with Crippen molar-refractivity contribution in [3.05, 3.63) is 92.3 Å². The summed E-state index contributed by atoms with van der Waals surface area (Å²) in [4.78, 5) is 63.1. The standard InChI is InChI=1S/C12H11ClN4O4S.C8H8O3.C7H14BrNO2.C3H3N3O2S/c13-15-5-6-21-9-4-2-1-3-8(9)11(18)16-12-14-7-10(22-12)17(19)20;1-11-8(10)6-4-2-3-5-7(6)9;1-7(2,3)11-6(10)9-5-4-8;4-3-5-1-2(9-3)6(7)8/h1-4,7,15H,5-6H2,(H,14,16,18);2-5,9H,1H3;4-5H2,1-3H3,(H,9,10);1H,(H2,4,5). The van der Waals surface area contributed by atoms with Crippen molar-refractivity contribution < 1.29 is 43.5 Å². The Labute approximate surface area is 324 Å². The molecule has 2 aromatic carbocycles. The molecule has 0 bridgehead atoms. The molecular weight excluding hydrogens is 828 g/mol. The molecule has 288 valence electrons. The van der Waals surface area contributed by atoms with E-state index in [-0.39, 0.29) is 44.3 Å². The van der Waals surface area contributed by atoms with Gasteiger partial charge in [0.2, 0.25) is 0 Å². The lowest BCUT2D eigenvalue weighted by Crippen LogP contribution is -2.33. The van der Waals surface area contributed by atoms with Gasteiger partial charge < -0.3 is 30.4 Å². The van der Waals surface area contributed by atoms with Gasteiger partial charge in [-0.15, -0.1) is 0 Å². The fourth-order valence-corrected chi connectivity index (χ4v) is 4.54. The third-order valence-electron chi connectivity index (χ3n) is 5.24. The number of amides is 2. The number of nitrogens with zero attached hydrogens (tertiary/aromatic N) is 4. The molecule has 0 saturated heterocycles. The second-order valence-corrected chi connectivity index (χ2v) is 13.5. The van der Waals surface area contributed by atoms with Crippen LogP contribution in [0.15, 0.2) is 60.9 Å². The van der Waals surface area contributed by atoms with Gasteiger partial charge in [0.25, 0.3) is 5.91 Å². The van der Waals surface area contributed by atoms with E-state index in [4.69, 9.17) is 32.1 Å². The minimum Gasteiger partial charge on any atom is -0.507 e. The van der Waals surface area contributed by atoms with Crippen molar-refractivity contribution in [1.29, 1.82) is 0 Å². The number of methoxy groups -OCH3 is 1. The zero-order chi connectivity index (χ0) is 40.0. The van der Waals surface area contributed by atoms with Gasteiger partial charge >= 0.3 is 22.1 Å². The maximum atomic E-state index is 12.2. The number of para-hydroxylation sites is 2. The van der Waals surface area contributed by atoms with Crippen LogP contribution in [0.2, 0.25) is 0 Å². The molecular formula is C30H36BrClN8O11S2. The van der Waals surface area contributed by atoms with Gasteiger partial charge in [0.15, 0.2) is 10.3 Å². The predicted octanol–water partition coefficient (Wildman–Crippen LogP) is 6.14. The van der Waals surface area contributed by atoms with Gasteiger partial charge in [-0.1, -0.05) is 40.2 Å². The van der Waals surface area contributed by atoms with Crippen LogP contribution in [0, 0.1) is 20.2 Å². The van der Waals surface area contributed by atoms with Crippen LogP contribution < -0.4 is 25.9 Å². The maximum absolute atomic E-state index is 12.2. The zero-order valence-electron chi connectivity index (χ0n) is 28.6. The molecule has 6 N–H and O–H groups in total. The Hall–Kier alpha value is -5.16. The number of alkyl carbamates (subject to hydrolysis) is 1. The van der Waals surface area contributed by atoms with E-state index in [0.29, 0.717) is 24.4 Å². The highest BCUT2D eigenvalue weighted by molar-refractivity contribution is 9.09. The quantitative estimate of drug-likeness (QED) is 0.0283. The van der Waals surface area contributed by atoms with Crippen LogP contribution in [0.1, 0.15) is 41.5 Å². The van der Waals surface area contributed by atoms with E-state index in [9.17, 15) is 34.6 Å². The molecule has 2 aromatic heterocycles. The van der Waals surface area contributed by atoms with Crippen LogP contribution in [0.3, 0.4) is 0 Å². The van der Waals surface area contributed by atoms with E-state index in [1.807, 2.05) is 20.8 Å². The molecule has 4 aromatic rings. The van der Waals surface area contributed by atoms with Crippen LogP contribution in [0.5, 0.6) is 11.5 Å². The molecule has 0 aliphatic carbocycles. The number of nitrogens with two attached hydrogens (primary N) is 1. The van der Waals surface area contributed by atoms with Crippen molar-refractivity contribution in [3.8, 4) is 11.5 Å². The SMILES string of the molecule is CC(C)(C)OC(=O)NCCBr.COC(=O)c1ccccc1O.Nc1ncc([N+](=O)[O-])s1.O=C(Nc1ncc([N+](=O)[O-])s1)c1ccccc1OCCNCl. The molecule has 23 heteroatoms. The third-order valence-corrected chi connectivity index (χ3v) is 7.47. The number of rotatable bonds is 11. The van der Waals surface area contributed by atoms with Gasteiger partial charge in [-0.3, -0.25) is 30.3 Å². The molecule has 0 spiro atoms. The predicted molar refractivity (Wildman–Crippen MR) is 203 cm³/mol. The second kappa shape index (κ2) is 24.2. The first-order valence-corrected chi connectivity index (χ1v) is 17.9. The van der Waals surface area contributed by atoms with Crippen molar-refractivity contribution >= 4 is 88.6 Å². The molecule has 0 radical (unpaired) electrons. The Bertz CT molecular complexity index is 1790. The summed E-state index contributed by atoms with van der Waals surface area (Å²) in [6.45, 7) is 6.80. The van der Waals surface area contributed by atoms with Crippen molar-refractivity contribution in [2.24, 2.45) is 0 Å². The summed E-state index contributed by atoms with van der Waals surface area (Å²) in [5, 5.41) is 35.7. The summed E-state index contributed by atoms with van der Waals surface area (Å²) in [6.07, 6.45) is 1.87. The summed E-state index contributed by atoms with van der Waals surface area (Å²) in [6, 6.07) is 12.9. The van der Waals surface area contributed by atoms with E-state index in [2.05, 4.69) is 46.1 Å². The second-order valence-electron chi connectivity index (χ2n) is 10.4. The number of nitrogens with one attached hydrogen (secondary N) is 3. The van der Waals surface area contributed by atoms with Gasteiger partial charge in [-0.2, -0.15) is 0 Å². The third kappa shape index (κ3) is 18.8. The smallest absolute Gasteiger partial charge is 0.407 e. The normalized spacial score (nSPS) is 10.0. The number of alkyl halides is 1. The molecule has 4 rings (SSSR count). The lowest BCUT2D eigenvalue weighted by molar-refractivity contribution is -0.380. The molecule has 53 heavy (non-hydrogen) atoms. The number of carbonyl (C=O) groups is 3. The van der Waals surface area contributed by atoms with Gasteiger partial charge in [-0.05, 0) is 79.5 Å². The topological polar surface area (TPSA) is 273 Å². The first-order chi connectivity index (χ1) is 25.0. The number of hydrogen-bond acceptors (Lipinski definition) is 17. The average Bonchev–Trinajstić information content (AvgIpc) is 3.77. The number of phenolic OH excluding ortho intramolecular Hbond substituents is 1. The lowest BCUT2D eigenvalue weighted by Gasteiger charge is -2.19. The molecule has 2 amide bonds. The number of aromatic nitrogens is 2. The number of halogens is 2. The van der Waals surface area contributed by atoms with E-state index in [1.165, 1.54) is 19.2 Å². The van der Waals surface area contributed by atoms with E-state index in [0.717, 1.165) is 40.4 Å². The number of ether oxygens (including phenoxy) is 3. The van der Waals surface area contributed by atoms with Crippen LogP contribution in [-0.4, -0.2) is 80.6 Å². The molecule has 0 fully saturated rings. The Morgan fingerprint density at radius 1 is 0.962 bits per heavy atom. The number of nitro groups is 2. The van der Waals surface area contributed by atoms with E-state index >= 15 is 0 Å².